The van der Waals surface area contributed by atoms with E-state index in [9.17, 15) is 18.0 Å². The van der Waals surface area contributed by atoms with Crippen LogP contribution in [0.25, 0.3) is 11.3 Å². The minimum atomic E-state index is -4.45. The van der Waals surface area contributed by atoms with Gasteiger partial charge in [0.05, 0.1) is 30.6 Å². The van der Waals surface area contributed by atoms with Crippen LogP contribution in [0.5, 0.6) is 5.75 Å². The van der Waals surface area contributed by atoms with Crippen molar-refractivity contribution in [1.82, 2.24) is 25.5 Å². The zero-order valence-electron chi connectivity index (χ0n) is 17.8. The van der Waals surface area contributed by atoms with Crippen molar-refractivity contribution in [2.45, 2.75) is 38.5 Å². The van der Waals surface area contributed by atoms with Crippen molar-refractivity contribution >= 4 is 5.91 Å². The Kier molecular flexibility index (Phi) is 6.56. The molecule has 1 fully saturated rings. The lowest BCUT2D eigenvalue weighted by atomic mass is 10.00. The van der Waals surface area contributed by atoms with Crippen molar-refractivity contribution < 1.29 is 27.1 Å². The van der Waals surface area contributed by atoms with E-state index in [4.69, 9.17) is 9.15 Å². The molecular formula is C20H26F3N5O3. The Hall–Kier alpha value is -2.66. The highest BCUT2D eigenvalue weighted by molar-refractivity contribution is 5.82. The van der Waals surface area contributed by atoms with Gasteiger partial charge in [-0.1, -0.05) is 0 Å². The second-order valence-electron chi connectivity index (χ2n) is 7.89. The van der Waals surface area contributed by atoms with Crippen LogP contribution in [-0.2, 0) is 10.3 Å². The first-order chi connectivity index (χ1) is 14.5. The summed E-state index contributed by atoms with van der Waals surface area (Å²) in [7, 11) is 1.55. The largest absolute Gasteiger partial charge is 0.495 e. The predicted molar refractivity (Wildman–Crippen MR) is 106 cm³/mol. The summed E-state index contributed by atoms with van der Waals surface area (Å²) >= 11 is 0. The van der Waals surface area contributed by atoms with Gasteiger partial charge in [-0.05, 0) is 26.8 Å². The summed E-state index contributed by atoms with van der Waals surface area (Å²) < 4.78 is 48.6. The second kappa shape index (κ2) is 8.83. The summed E-state index contributed by atoms with van der Waals surface area (Å²) in [6.07, 6.45) is -1.21. The fourth-order valence-corrected chi connectivity index (χ4v) is 3.46. The van der Waals surface area contributed by atoms with Crippen LogP contribution in [0.1, 0.15) is 25.4 Å². The van der Waals surface area contributed by atoms with Crippen molar-refractivity contribution in [2.75, 3.05) is 33.3 Å². The molecular weight excluding hydrogens is 415 g/mol. The van der Waals surface area contributed by atoms with Crippen LogP contribution in [-0.4, -0.2) is 66.3 Å². The van der Waals surface area contributed by atoms with E-state index in [2.05, 4.69) is 15.3 Å². The van der Waals surface area contributed by atoms with E-state index in [1.54, 1.807) is 25.6 Å². The van der Waals surface area contributed by atoms with E-state index >= 15 is 0 Å². The van der Waals surface area contributed by atoms with E-state index < -0.39 is 30.2 Å². The van der Waals surface area contributed by atoms with Crippen molar-refractivity contribution in [3.63, 3.8) is 0 Å². The van der Waals surface area contributed by atoms with Gasteiger partial charge in [-0.15, -0.1) is 0 Å². The maximum Gasteiger partial charge on any atom is 0.405 e. The van der Waals surface area contributed by atoms with E-state index in [-0.39, 0.29) is 6.54 Å². The van der Waals surface area contributed by atoms with Gasteiger partial charge in [-0.25, -0.2) is 4.98 Å². The number of alkyl halides is 3. The predicted octanol–water partition coefficient (Wildman–Crippen LogP) is 2.24. The zero-order chi connectivity index (χ0) is 22.8. The number of carbonyl (C=O) groups excluding carboxylic acids is 1. The first kappa shape index (κ1) is 23.0. The van der Waals surface area contributed by atoms with Crippen molar-refractivity contribution in [2.24, 2.45) is 0 Å². The van der Waals surface area contributed by atoms with Gasteiger partial charge in [0, 0.05) is 31.4 Å². The molecule has 0 bridgehead atoms. The van der Waals surface area contributed by atoms with E-state index in [1.807, 2.05) is 31.0 Å². The maximum absolute atomic E-state index is 12.4. The van der Waals surface area contributed by atoms with E-state index in [0.29, 0.717) is 36.2 Å². The van der Waals surface area contributed by atoms with Gasteiger partial charge in [-0.2, -0.15) is 13.2 Å². The number of aromatic nitrogens is 2. The molecule has 3 rings (SSSR count). The lowest BCUT2D eigenvalue weighted by Crippen LogP contribution is -2.61. The highest BCUT2D eigenvalue weighted by atomic mass is 19.4. The molecule has 2 aromatic heterocycles. The number of amides is 1. The number of carbonyl (C=O) groups is 1. The van der Waals surface area contributed by atoms with Crippen molar-refractivity contribution in [1.29, 1.82) is 0 Å². The number of nitrogens with one attached hydrogen (secondary N) is 2. The van der Waals surface area contributed by atoms with Gasteiger partial charge < -0.3 is 19.8 Å². The number of oxazole rings is 1. The van der Waals surface area contributed by atoms with E-state index in [1.165, 1.54) is 0 Å². The van der Waals surface area contributed by atoms with Crippen LogP contribution in [0.4, 0.5) is 13.2 Å². The number of methoxy groups -OCH3 is 1. The number of rotatable bonds is 6. The van der Waals surface area contributed by atoms with Gasteiger partial charge in [0.1, 0.15) is 12.3 Å². The molecule has 0 spiro atoms. The van der Waals surface area contributed by atoms with Crippen LogP contribution >= 0.6 is 0 Å². The Labute approximate surface area is 178 Å². The standard InChI is InChI=1S/C20H26F3N5O3/c1-12-16(13-7-14(30-4)9-24-8-13)31-18(27-12)19(2,3)28-6-5-25-15(10-28)17(29)26-11-20(21,22)23/h7-9,15,25H,5-6,10-11H2,1-4H3,(H,26,29). The zero-order valence-corrected chi connectivity index (χ0v) is 17.8. The molecule has 0 saturated carbocycles. The Morgan fingerprint density at radius 2 is 2.13 bits per heavy atom. The molecule has 11 heteroatoms. The summed E-state index contributed by atoms with van der Waals surface area (Å²) in [4.78, 5) is 22.9. The average Bonchev–Trinajstić information content (AvgIpc) is 3.14. The van der Waals surface area contributed by atoms with Crippen LogP contribution in [0.3, 0.4) is 0 Å². The fraction of sp³-hybridized carbons (Fsp3) is 0.550. The number of halogens is 3. The third kappa shape index (κ3) is 5.34. The van der Waals surface area contributed by atoms with Gasteiger partial charge in [0.15, 0.2) is 5.76 Å². The van der Waals surface area contributed by atoms with Crippen LogP contribution in [0.15, 0.2) is 22.9 Å². The normalized spacial score (nSPS) is 18.1. The molecule has 1 saturated heterocycles. The number of ether oxygens (including phenoxy) is 1. The smallest absolute Gasteiger partial charge is 0.405 e. The first-order valence-electron chi connectivity index (χ1n) is 9.81. The first-order valence-corrected chi connectivity index (χ1v) is 9.81. The van der Waals surface area contributed by atoms with Gasteiger partial charge in [0.2, 0.25) is 11.8 Å². The van der Waals surface area contributed by atoms with Gasteiger partial charge in [0.25, 0.3) is 0 Å². The average molecular weight is 441 g/mol. The molecule has 31 heavy (non-hydrogen) atoms. The summed E-state index contributed by atoms with van der Waals surface area (Å²) in [5.74, 6) is 0.900. The molecule has 2 N–H and O–H groups in total. The number of hydrogen-bond donors (Lipinski definition) is 2. The molecule has 1 amide bonds. The molecule has 0 aromatic carbocycles. The molecule has 0 radical (unpaired) electrons. The van der Waals surface area contributed by atoms with Crippen LogP contribution < -0.4 is 15.4 Å². The molecule has 2 aromatic rings. The highest BCUT2D eigenvalue weighted by Crippen LogP contribution is 2.34. The number of hydrogen-bond acceptors (Lipinski definition) is 7. The highest BCUT2D eigenvalue weighted by Gasteiger charge is 2.39. The summed E-state index contributed by atoms with van der Waals surface area (Å²) in [6.45, 7) is 5.51. The van der Waals surface area contributed by atoms with Crippen molar-refractivity contribution in [3.8, 4) is 17.1 Å². The molecule has 170 valence electrons. The van der Waals surface area contributed by atoms with E-state index in [0.717, 1.165) is 5.56 Å². The fourth-order valence-electron chi connectivity index (χ4n) is 3.46. The molecule has 1 atom stereocenters. The van der Waals surface area contributed by atoms with Crippen LogP contribution in [0.2, 0.25) is 0 Å². The van der Waals surface area contributed by atoms with Gasteiger partial charge >= 0.3 is 6.18 Å². The Bertz CT molecular complexity index is 929. The summed E-state index contributed by atoms with van der Waals surface area (Å²) in [6, 6.07) is 1.02. The molecule has 1 aliphatic rings. The number of piperazine rings is 1. The van der Waals surface area contributed by atoms with Gasteiger partial charge in [-0.3, -0.25) is 14.7 Å². The lowest BCUT2D eigenvalue weighted by Gasteiger charge is -2.41. The molecule has 3 heterocycles. The summed E-state index contributed by atoms with van der Waals surface area (Å²) in [5, 5.41) is 4.91. The molecule has 1 aliphatic heterocycles. The third-order valence-electron chi connectivity index (χ3n) is 5.28. The number of nitrogens with zero attached hydrogens (tertiary/aromatic N) is 3. The van der Waals surface area contributed by atoms with Crippen molar-refractivity contribution in [3.05, 3.63) is 30.0 Å². The second-order valence-corrected chi connectivity index (χ2v) is 7.89. The minimum Gasteiger partial charge on any atom is -0.495 e. The van der Waals surface area contributed by atoms with Crippen LogP contribution in [0, 0.1) is 6.92 Å². The molecule has 0 aliphatic carbocycles. The number of aryl methyl sites for hydroxylation is 1. The SMILES string of the molecule is COc1cncc(-c2oc(C(C)(C)N3CCNC(C(=O)NCC(F)(F)F)C3)nc2C)c1. The summed E-state index contributed by atoms with van der Waals surface area (Å²) in [5.41, 5.74) is 0.698. The monoisotopic (exact) mass is 441 g/mol. The topological polar surface area (TPSA) is 92.5 Å². The Morgan fingerprint density at radius 1 is 1.39 bits per heavy atom. The quantitative estimate of drug-likeness (QED) is 0.710. The molecule has 1 unspecified atom stereocenters. The Morgan fingerprint density at radius 3 is 2.81 bits per heavy atom. The lowest BCUT2D eigenvalue weighted by molar-refractivity contribution is -0.140. The minimum absolute atomic E-state index is 0.216. The maximum atomic E-state index is 12.4. The Balaban J connectivity index is 1.77. The molecule has 8 nitrogen and oxygen atoms in total. The third-order valence-corrected chi connectivity index (χ3v) is 5.28. The number of pyridine rings is 1.